The van der Waals surface area contributed by atoms with E-state index < -0.39 is 5.97 Å². The highest BCUT2D eigenvalue weighted by Crippen LogP contribution is 1.99. The molecule has 0 atom stereocenters. The van der Waals surface area contributed by atoms with Gasteiger partial charge in [-0.05, 0) is 12.3 Å². The largest absolute Gasteiger partial charge is 0.465 e. The van der Waals surface area contributed by atoms with Gasteiger partial charge in [-0.1, -0.05) is 13.8 Å². The molecule has 0 aliphatic carbocycles. The van der Waals surface area contributed by atoms with Crippen LogP contribution in [0, 0.1) is 17.2 Å². The first-order chi connectivity index (χ1) is 5.16. The molecule has 0 N–H and O–H groups in total. The second-order valence-corrected chi connectivity index (χ2v) is 2.74. The molecular formula is C8H13NO2. The fourth-order valence-corrected chi connectivity index (χ4v) is 0.524. The summed E-state index contributed by atoms with van der Waals surface area (Å²) in [6.45, 7) is 4.54. The van der Waals surface area contributed by atoms with Crippen LogP contribution in [-0.2, 0) is 9.53 Å². The van der Waals surface area contributed by atoms with Crippen LogP contribution in [0.15, 0.2) is 0 Å². The maximum Gasteiger partial charge on any atom is 0.320 e. The van der Waals surface area contributed by atoms with Crippen LogP contribution in [0.25, 0.3) is 0 Å². The summed E-state index contributed by atoms with van der Waals surface area (Å²) in [5, 5.41) is 8.09. The Labute approximate surface area is 67.0 Å². The first kappa shape index (κ1) is 9.96. The molecule has 0 aromatic rings. The van der Waals surface area contributed by atoms with Crippen LogP contribution in [0.5, 0.6) is 0 Å². The van der Waals surface area contributed by atoms with Crippen molar-refractivity contribution in [3.8, 4) is 6.07 Å². The van der Waals surface area contributed by atoms with Gasteiger partial charge >= 0.3 is 5.97 Å². The molecule has 0 heterocycles. The summed E-state index contributed by atoms with van der Waals surface area (Å²) in [7, 11) is 0. The van der Waals surface area contributed by atoms with Gasteiger partial charge in [0.15, 0.2) is 0 Å². The predicted molar refractivity (Wildman–Crippen MR) is 40.6 cm³/mol. The Kier molecular flexibility index (Phi) is 5.18. The second kappa shape index (κ2) is 5.72. The first-order valence-corrected chi connectivity index (χ1v) is 3.69. The molecule has 0 radical (unpaired) electrons. The Morgan fingerprint density at radius 3 is 2.73 bits per heavy atom. The Morgan fingerprint density at radius 2 is 2.27 bits per heavy atom. The molecule has 0 saturated carbocycles. The van der Waals surface area contributed by atoms with Gasteiger partial charge in [-0.15, -0.1) is 0 Å². The van der Waals surface area contributed by atoms with Gasteiger partial charge in [0.2, 0.25) is 0 Å². The third-order valence-corrected chi connectivity index (χ3v) is 1.18. The lowest BCUT2D eigenvalue weighted by molar-refractivity contribution is -0.142. The molecule has 0 amide bonds. The standard InChI is InChI=1S/C8H13NO2/c1-7(2)4-6-11-8(10)3-5-9/h7H,3-4,6H2,1-2H3. The van der Waals surface area contributed by atoms with Crippen molar-refractivity contribution < 1.29 is 9.53 Å². The van der Waals surface area contributed by atoms with E-state index in [9.17, 15) is 4.79 Å². The van der Waals surface area contributed by atoms with Crippen LogP contribution in [0.3, 0.4) is 0 Å². The molecule has 11 heavy (non-hydrogen) atoms. The molecule has 3 nitrogen and oxygen atoms in total. The smallest absolute Gasteiger partial charge is 0.320 e. The van der Waals surface area contributed by atoms with Gasteiger partial charge in [-0.3, -0.25) is 4.79 Å². The second-order valence-electron chi connectivity index (χ2n) is 2.74. The number of nitriles is 1. The van der Waals surface area contributed by atoms with Crippen LogP contribution in [0.1, 0.15) is 26.7 Å². The summed E-state index contributed by atoms with van der Waals surface area (Å²) in [6.07, 6.45) is 0.718. The van der Waals surface area contributed by atoms with Gasteiger partial charge in [0.05, 0.1) is 12.7 Å². The minimum Gasteiger partial charge on any atom is -0.465 e. The van der Waals surface area contributed by atoms with Crippen LogP contribution < -0.4 is 0 Å². The van der Waals surface area contributed by atoms with Crippen LogP contribution in [0.4, 0.5) is 0 Å². The molecule has 0 aromatic heterocycles. The van der Waals surface area contributed by atoms with E-state index in [4.69, 9.17) is 10.00 Å². The topological polar surface area (TPSA) is 50.1 Å². The highest BCUT2D eigenvalue weighted by Gasteiger charge is 2.01. The SMILES string of the molecule is CC(C)CCOC(=O)CC#N. The molecule has 0 rings (SSSR count). The van der Waals surface area contributed by atoms with Gasteiger partial charge in [-0.2, -0.15) is 5.26 Å². The minimum absolute atomic E-state index is 0.141. The summed E-state index contributed by atoms with van der Waals surface area (Å²) in [5.74, 6) is 0.109. The van der Waals surface area contributed by atoms with Crippen molar-refractivity contribution in [1.29, 1.82) is 5.26 Å². The highest BCUT2D eigenvalue weighted by molar-refractivity contribution is 5.71. The molecule has 3 heteroatoms. The quantitative estimate of drug-likeness (QED) is 0.578. The van der Waals surface area contributed by atoms with Gasteiger partial charge < -0.3 is 4.74 Å². The maximum absolute atomic E-state index is 10.6. The number of hydrogen-bond acceptors (Lipinski definition) is 3. The lowest BCUT2D eigenvalue weighted by Crippen LogP contribution is -2.06. The maximum atomic E-state index is 10.6. The zero-order chi connectivity index (χ0) is 8.69. The van der Waals surface area contributed by atoms with E-state index in [1.807, 2.05) is 0 Å². The number of nitrogens with zero attached hydrogens (tertiary/aromatic N) is 1. The Bertz CT molecular complexity index is 158. The summed E-state index contributed by atoms with van der Waals surface area (Å²) in [6, 6.07) is 1.73. The molecule has 0 spiro atoms. The van der Waals surface area contributed by atoms with E-state index in [0.717, 1.165) is 6.42 Å². The normalized spacial score (nSPS) is 9.27. The van der Waals surface area contributed by atoms with Crippen molar-refractivity contribution in [1.82, 2.24) is 0 Å². The minimum atomic E-state index is -0.423. The summed E-state index contributed by atoms with van der Waals surface area (Å²) >= 11 is 0. The monoisotopic (exact) mass is 155 g/mol. The summed E-state index contributed by atoms with van der Waals surface area (Å²) in [4.78, 5) is 10.6. The first-order valence-electron chi connectivity index (χ1n) is 3.69. The molecular weight excluding hydrogens is 142 g/mol. The third-order valence-electron chi connectivity index (χ3n) is 1.18. The van der Waals surface area contributed by atoms with E-state index in [1.54, 1.807) is 6.07 Å². The summed E-state index contributed by atoms with van der Waals surface area (Å²) < 4.78 is 4.73. The van der Waals surface area contributed by atoms with Crippen LogP contribution >= 0.6 is 0 Å². The summed E-state index contributed by atoms with van der Waals surface area (Å²) in [5.41, 5.74) is 0. The fourth-order valence-electron chi connectivity index (χ4n) is 0.524. The van der Waals surface area contributed by atoms with Gasteiger partial charge in [-0.25, -0.2) is 0 Å². The molecule has 0 aromatic carbocycles. The molecule has 0 bridgehead atoms. The van der Waals surface area contributed by atoms with E-state index in [2.05, 4.69) is 13.8 Å². The zero-order valence-corrected chi connectivity index (χ0v) is 6.96. The van der Waals surface area contributed by atoms with Crippen molar-refractivity contribution in [3.05, 3.63) is 0 Å². The Balaban J connectivity index is 3.26. The molecule has 0 unspecified atom stereocenters. The Morgan fingerprint density at radius 1 is 1.64 bits per heavy atom. The molecule has 62 valence electrons. The number of carbonyl (C=O) groups is 1. The highest BCUT2D eigenvalue weighted by atomic mass is 16.5. The van der Waals surface area contributed by atoms with E-state index in [0.29, 0.717) is 12.5 Å². The van der Waals surface area contributed by atoms with E-state index in [1.165, 1.54) is 0 Å². The van der Waals surface area contributed by atoms with Gasteiger partial charge in [0.1, 0.15) is 6.42 Å². The number of esters is 1. The van der Waals surface area contributed by atoms with Gasteiger partial charge in [0.25, 0.3) is 0 Å². The molecule has 0 fully saturated rings. The molecule has 0 saturated heterocycles. The van der Waals surface area contributed by atoms with Crippen LogP contribution in [-0.4, -0.2) is 12.6 Å². The van der Waals surface area contributed by atoms with Crippen molar-refractivity contribution >= 4 is 5.97 Å². The van der Waals surface area contributed by atoms with E-state index >= 15 is 0 Å². The number of carbonyl (C=O) groups excluding carboxylic acids is 1. The average molecular weight is 155 g/mol. The lowest BCUT2D eigenvalue weighted by Gasteiger charge is -2.03. The van der Waals surface area contributed by atoms with Crippen molar-refractivity contribution in [2.75, 3.05) is 6.61 Å². The van der Waals surface area contributed by atoms with Crippen molar-refractivity contribution in [2.45, 2.75) is 26.7 Å². The number of hydrogen-bond donors (Lipinski definition) is 0. The van der Waals surface area contributed by atoms with Crippen molar-refractivity contribution in [2.24, 2.45) is 5.92 Å². The van der Waals surface area contributed by atoms with Gasteiger partial charge in [0, 0.05) is 0 Å². The number of rotatable bonds is 4. The molecule has 0 aliphatic rings. The number of ether oxygens (including phenoxy) is 1. The molecule has 0 aliphatic heterocycles. The predicted octanol–water partition coefficient (Wildman–Crippen LogP) is 1.49. The van der Waals surface area contributed by atoms with Crippen LogP contribution in [0.2, 0.25) is 0 Å². The Hall–Kier alpha value is -1.04. The fraction of sp³-hybridized carbons (Fsp3) is 0.750. The third kappa shape index (κ3) is 6.85. The zero-order valence-electron chi connectivity index (χ0n) is 6.96. The lowest BCUT2D eigenvalue weighted by atomic mass is 10.1. The van der Waals surface area contributed by atoms with Crippen molar-refractivity contribution in [3.63, 3.8) is 0 Å². The average Bonchev–Trinajstić information content (AvgIpc) is 1.87. The van der Waals surface area contributed by atoms with E-state index in [-0.39, 0.29) is 6.42 Å².